The molecule has 0 amide bonds. The molecule has 0 heterocycles. The lowest BCUT2D eigenvalue weighted by Crippen LogP contribution is -2.28. The summed E-state index contributed by atoms with van der Waals surface area (Å²) in [5, 5.41) is 12.9. The van der Waals surface area contributed by atoms with E-state index in [0.29, 0.717) is 17.4 Å². The van der Waals surface area contributed by atoms with E-state index < -0.39 is 0 Å². The molecule has 1 aromatic rings. The number of rotatable bonds is 7. The Labute approximate surface area is 123 Å². The van der Waals surface area contributed by atoms with Crippen molar-refractivity contribution < 1.29 is 14.6 Å². The molecular weight excluding hydrogens is 310 g/mol. The van der Waals surface area contributed by atoms with Gasteiger partial charge in [-0.3, -0.25) is 0 Å². The Kier molecular flexibility index (Phi) is 6.62. The third kappa shape index (κ3) is 4.37. The van der Waals surface area contributed by atoms with Crippen molar-refractivity contribution in [2.75, 3.05) is 27.4 Å². The molecule has 0 spiro atoms. The lowest BCUT2D eigenvalue weighted by atomic mass is 10.1. The number of aliphatic hydroxyl groups is 1. The van der Waals surface area contributed by atoms with Crippen LogP contribution in [-0.4, -0.2) is 32.5 Å². The van der Waals surface area contributed by atoms with Crippen molar-refractivity contribution in [2.45, 2.75) is 19.9 Å². The molecule has 2 N–H and O–H groups in total. The number of methoxy groups -OCH3 is 2. The van der Waals surface area contributed by atoms with Crippen molar-refractivity contribution in [1.29, 1.82) is 0 Å². The van der Waals surface area contributed by atoms with Crippen LogP contribution < -0.4 is 14.8 Å². The number of hydrogen-bond donors (Lipinski definition) is 2. The number of hydrogen-bond acceptors (Lipinski definition) is 4. The Balaban J connectivity index is 3.02. The third-order valence-corrected chi connectivity index (χ3v) is 3.52. The first-order chi connectivity index (χ1) is 9.03. The highest BCUT2D eigenvalue weighted by Gasteiger charge is 2.17. The molecule has 0 aliphatic rings. The van der Waals surface area contributed by atoms with Gasteiger partial charge in [-0.1, -0.05) is 29.8 Å². The minimum Gasteiger partial charge on any atom is -0.493 e. The molecule has 4 nitrogen and oxygen atoms in total. The molecule has 0 fully saturated rings. The predicted octanol–water partition coefficient (Wildman–Crippen LogP) is 2.75. The second kappa shape index (κ2) is 7.72. The first-order valence-electron chi connectivity index (χ1n) is 6.29. The van der Waals surface area contributed by atoms with Gasteiger partial charge in [0.2, 0.25) is 0 Å². The molecule has 0 radical (unpaired) electrons. The van der Waals surface area contributed by atoms with Crippen molar-refractivity contribution in [2.24, 2.45) is 5.92 Å². The highest BCUT2D eigenvalue weighted by Crippen LogP contribution is 2.35. The Bertz CT molecular complexity index is 410. The Morgan fingerprint density at radius 1 is 1.21 bits per heavy atom. The van der Waals surface area contributed by atoms with E-state index in [1.807, 2.05) is 12.1 Å². The topological polar surface area (TPSA) is 50.7 Å². The van der Waals surface area contributed by atoms with Crippen LogP contribution in [-0.2, 0) is 0 Å². The Morgan fingerprint density at radius 3 is 2.26 bits per heavy atom. The van der Waals surface area contributed by atoms with Gasteiger partial charge in [0.15, 0.2) is 11.5 Å². The normalized spacial score (nSPS) is 12.6. The quantitative estimate of drug-likeness (QED) is 0.806. The zero-order chi connectivity index (χ0) is 14.4. The molecule has 0 saturated carbocycles. The fourth-order valence-electron chi connectivity index (χ4n) is 1.79. The summed E-state index contributed by atoms with van der Waals surface area (Å²) in [7, 11) is 3.20. The van der Waals surface area contributed by atoms with Crippen molar-refractivity contribution in [3.05, 3.63) is 22.2 Å². The molecule has 0 aliphatic carbocycles. The summed E-state index contributed by atoms with van der Waals surface area (Å²) >= 11 is 3.51. The van der Waals surface area contributed by atoms with Crippen molar-refractivity contribution in [3.63, 3.8) is 0 Å². The average molecular weight is 332 g/mol. The maximum atomic E-state index is 9.55. The molecule has 0 aliphatic heterocycles. The van der Waals surface area contributed by atoms with Gasteiger partial charge >= 0.3 is 0 Å². The molecule has 1 aromatic carbocycles. The molecule has 19 heavy (non-hydrogen) atoms. The molecule has 108 valence electrons. The first kappa shape index (κ1) is 16.3. The number of aliphatic hydroxyl groups excluding tert-OH is 1. The summed E-state index contributed by atoms with van der Waals surface area (Å²) in [6.45, 7) is 5.13. The Morgan fingerprint density at radius 2 is 1.79 bits per heavy atom. The van der Waals surface area contributed by atoms with Crippen LogP contribution in [0.3, 0.4) is 0 Å². The van der Waals surface area contributed by atoms with Gasteiger partial charge in [-0.15, -0.1) is 0 Å². The third-order valence-electron chi connectivity index (χ3n) is 2.83. The van der Waals surface area contributed by atoms with Gasteiger partial charge in [0.05, 0.1) is 26.9 Å². The molecule has 0 aromatic heterocycles. The van der Waals surface area contributed by atoms with Gasteiger partial charge in [-0.25, -0.2) is 0 Å². The van der Waals surface area contributed by atoms with Crippen molar-refractivity contribution in [1.82, 2.24) is 5.32 Å². The maximum absolute atomic E-state index is 9.55. The van der Waals surface area contributed by atoms with E-state index in [-0.39, 0.29) is 12.6 Å². The van der Waals surface area contributed by atoms with Gasteiger partial charge in [-0.2, -0.15) is 0 Å². The minimum absolute atomic E-state index is 0.0286. The molecule has 0 saturated heterocycles. The summed E-state index contributed by atoms with van der Waals surface area (Å²) in [5.41, 5.74) is 0.959. The summed E-state index contributed by atoms with van der Waals surface area (Å²) in [6.07, 6.45) is 0. The van der Waals surface area contributed by atoms with E-state index in [2.05, 4.69) is 35.1 Å². The van der Waals surface area contributed by atoms with E-state index in [0.717, 1.165) is 16.6 Å². The minimum atomic E-state index is -0.128. The monoisotopic (exact) mass is 331 g/mol. The van der Waals surface area contributed by atoms with Gasteiger partial charge in [-0.05, 0) is 30.2 Å². The zero-order valence-electron chi connectivity index (χ0n) is 11.9. The maximum Gasteiger partial charge on any atom is 0.161 e. The lowest BCUT2D eigenvalue weighted by molar-refractivity contribution is 0.240. The largest absolute Gasteiger partial charge is 0.493 e. The summed E-state index contributed by atoms with van der Waals surface area (Å²) in [6, 6.07) is 3.61. The number of benzene rings is 1. The van der Waals surface area contributed by atoms with E-state index in [4.69, 9.17) is 9.47 Å². The molecule has 1 rings (SSSR count). The van der Waals surface area contributed by atoms with Crippen molar-refractivity contribution in [3.8, 4) is 11.5 Å². The highest BCUT2D eigenvalue weighted by molar-refractivity contribution is 9.10. The van der Waals surface area contributed by atoms with Crippen molar-refractivity contribution >= 4 is 15.9 Å². The molecule has 5 heteroatoms. The van der Waals surface area contributed by atoms with Gasteiger partial charge in [0.1, 0.15) is 0 Å². The first-order valence-corrected chi connectivity index (χ1v) is 7.08. The van der Waals surface area contributed by atoms with Crippen LogP contribution in [0.1, 0.15) is 25.5 Å². The molecule has 1 unspecified atom stereocenters. The van der Waals surface area contributed by atoms with E-state index in [1.165, 1.54) is 0 Å². The highest BCUT2D eigenvalue weighted by atomic mass is 79.9. The number of nitrogens with one attached hydrogen (secondary N) is 1. The van der Waals surface area contributed by atoms with E-state index >= 15 is 0 Å². The van der Waals surface area contributed by atoms with Crippen LogP contribution >= 0.6 is 15.9 Å². The fraction of sp³-hybridized carbons (Fsp3) is 0.571. The summed E-state index contributed by atoms with van der Waals surface area (Å²) in [4.78, 5) is 0. The van der Waals surface area contributed by atoms with Crippen LogP contribution in [0, 0.1) is 5.92 Å². The molecule has 1 atom stereocenters. The predicted molar refractivity (Wildman–Crippen MR) is 79.9 cm³/mol. The second-order valence-electron chi connectivity index (χ2n) is 4.77. The van der Waals surface area contributed by atoms with E-state index in [9.17, 15) is 5.11 Å². The van der Waals surface area contributed by atoms with E-state index in [1.54, 1.807) is 14.2 Å². The average Bonchev–Trinajstić information content (AvgIpc) is 2.40. The van der Waals surface area contributed by atoms with Crippen LogP contribution in [0.4, 0.5) is 0 Å². The van der Waals surface area contributed by atoms with Crippen LogP contribution in [0.25, 0.3) is 0 Å². The smallest absolute Gasteiger partial charge is 0.161 e. The standard InChI is InChI=1S/C14H22BrNO3/c1-9(2)7-16-12(8-17)10-5-13(18-3)14(19-4)6-11(10)15/h5-6,9,12,16-17H,7-8H2,1-4H3. The molecular formula is C14H22BrNO3. The van der Waals surface area contributed by atoms with Gasteiger partial charge in [0.25, 0.3) is 0 Å². The van der Waals surface area contributed by atoms with Crippen LogP contribution in [0.5, 0.6) is 11.5 Å². The zero-order valence-corrected chi connectivity index (χ0v) is 13.5. The number of halogens is 1. The SMILES string of the molecule is COc1cc(Br)c(C(CO)NCC(C)C)cc1OC. The number of ether oxygens (including phenoxy) is 2. The molecule has 0 bridgehead atoms. The summed E-state index contributed by atoms with van der Waals surface area (Å²) < 4.78 is 11.4. The second-order valence-corrected chi connectivity index (χ2v) is 5.62. The van der Waals surface area contributed by atoms with Gasteiger partial charge < -0.3 is 19.9 Å². The van der Waals surface area contributed by atoms with Gasteiger partial charge in [0, 0.05) is 4.47 Å². The van der Waals surface area contributed by atoms with Crippen LogP contribution in [0.15, 0.2) is 16.6 Å². The Hall–Kier alpha value is -0.780. The lowest BCUT2D eigenvalue weighted by Gasteiger charge is -2.21. The fourth-order valence-corrected chi connectivity index (χ4v) is 2.39. The van der Waals surface area contributed by atoms with Crippen LogP contribution in [0.2, 0.25) is 0 Å². The summed E-state index contributed by atoms with van der Waals surface area (Å²) in [5.74, 6) is 1.84.